The summed E-state index contributed by atoms with van der Waals surface area (Å²) in [5, 5.41) is 0. The molecule has 0 saturated heterocycles. The molecule has 0 bridgehead atoms. The summed E-state index contributed by atoms with van der Waals surface area (Å²) >= 11 is 0. The highest BCUT2D eigenvalue weighted by molar-refractivity contribution is 5.73. The van der Waals surface area contributed by atoms with Crippen molar-refractivity contribution in [3.63, 3.8) is 0 Å². The number of nitrogens with zero attached hydrogens (tertiary/aromatic N) is 2. The summed E-state index contributed by atoms with van der Waals surface area (Å²) in [5.74, 6) is 1.63. The van der Waals surface area contributed by atoms with Gasteiger partial charge in [-0.3, -0.25) is 4.79 Å². The number of fused-ring (bicyclic) bond motifs is 1. The number of hydrogen-bond donors (Lipinski definition) is 0. The van der Waals surface area contributed by atoms with Gasteiger partial charge in [-0.2, -0.15) is 0 Å². The summed E-state index contributed by atoms with van der Waals surface area (Å²) in [6.45, 7) is 3.07. The monoisotopic (exact) mass is 256 g/mol. The van der Waals surface area contributed by atoms with E-state index in [-0.39, 0.29) is 5.82 Å². The Labute approximate surface area is 110 Å². The molecule has 1 aromatic heterocycles. The van der Waals surface area contributed by atoms with Gasteiger partial charge in [0.05, 0.1) is 5.69 Å². The van der Waals surface area contributed by atoms with Crippen LogP contribution in [0.25, 0.3) is 11.3 Å². The van der Waals surface area contributed by atoms with Crippen LogP contribution in [0.2, 0.25) is 0 Å². The standard InChI is InChI=1S/C14H12N2O3/c1-9-6-12-13(19-5-4-18-12)7-10(9)11-2-3-15-14(8-17)16-11/h2-3,6-8H,4-5H2,1H3. The largest absolute Gasteiger partial charge is 0.486 e. The lowest BCUT2D eigenvalue weighted by Crippen LogP contribution is -2.15. The van der Waals surface area contributed by atoms with Gasteiger partial charge in [0.15, 0.2) is 23.6 Å². The van der Waals surface area contributed by atoms with Crippen molar-refractivity contribution in [1.82, 2.24) is 9.97 Å². The molecule has 1 aliphatic rings. The van der Waals surface area contributed by atoms with Crippen LogP contribution < -0.4 is 9.47 Å². The van der Waals surface area contributed by atoms with Gasteiger partial charge in [0, 0.05) is 11.8 Å². The number of hydrogen-bond acceptors (Lipinski definition) is 5. The summed E-state index contributed by atoms with van der Waals surface area (Å²) in [7, 11) is 0. The smallest absolute Gasteiger partial charge is 0.193 e. The van der Waals surface area contributed by atoms with E-state index >= 15 is 0 Å². The zero-order valence-corrected chi connectivity index (χ0v) is 10.4. The predicted octanol–water partition coefficient (Wildman–Crippen LogP) is 2.04. The molecule has 5 nitrogen and oxygen atoms in total. The van der Waals surface area contributed by atoms with E-state index in [1.54, 1.807) is 12.3 Å². The van der Waals surface area contributed by atoms with Crippen molar-refractivity contribution < 1.29 is 14.3 Å². The minimum absolute atomic E-state index is 0.173. The maximum atomic E-state index is 10.7. The van der Waals surface area contributed by atoms with Gasteiger partial charge >= 0.3 is 0 Å². The lowest BCUT2D eigenvalue weighted by Gasteiger charge is -2.20. The van der Waals surface area contributed by atoms with Crippen LogP contribution in [0.4, 0.5) is 0 Å². The summed E-state index contributed by atoms with van der Waals surface area (Å²) in [4.78, 5) is 18.8. The maximum absolute atomic E-state index is 10.7. The molecule has 0 fully saturated rings. The van der Waals surface area contributed by atoms with Gasteiger partial charge < -0.3 is 9.47 Å². The van der Waals surface area contributed by atoms with E-state index in [0.717, 1.165) is 16.9 Å². The van der Waals surface area contributed by atoms with Gasteiger partial charge in [-0.15, -0.1) is 0 Å². The van der Waals surface area contributed by atoms with Gasteiger partial charge in [0.1, 0.15) is 13.2 Å². The van der Waals surface area contributed by atoms with Gasteiger partial charge in [0.25, 0.3) is 0 Å². The highest BCUT2D eigenvalue weighted by Gasteiger charge is 2.15. The van der Waals surface area contributed by atoms with Crippen LogP contribution in [0, 0.1) is 6.92 Å². The normalized spacial score (nSPS) is 13.1. The third-order valence-electron chi connectivity index (χ3n) is 2.94. The second kappa shape index (κ2) is 4.68. The van der Waals surface area contributed by atoms with Crippen LogP contribution in [-0.4, -0.2) is 29.5 Å². The minimum Gasteiger partial charge on any atom is -0.486 e. The molecule has 0 unspecified atom stereocenters. The first-order valence-corrected chi connectivity index (χ1v) is 5.97. The number of rotatable bonds is 2. The van der Waals surface area contributed by atoms with E-state index in [9.17, 15) is 4.79 Å². The average Bonchev–Trinajstić information content (AvgIpc) is 2.46. The number of carbonyl (C=O) groups is 1. The van der Waals surface area contributed by atoms with E-state index in [4.69, 9.17) is 9.47 Å². The first kappa shape index (κ1) is 11.6. The molecule has 5 heteroatoms. The molecular weight excluding hydrogens is 244 g/mol. The molecule has 1 aromatic carbocycles. The Balaban J connectivity index is 2.11. The summed E-state index contributed by atoms with van der Waals surface area (Å²) in [5.41, 5.74) is 2.63. The number of carbonyl (C=O) groups excluding carboxylic acids is 1. The third-order valence-corrected chi connectivity index (χ3v) is 2.94. The fourth-order valence-corrected chi connectivity index (χ4v) is 2.05. The molecule has 0 radical (unpaired) electrons. The molecule has 0 N–H and O–H groups in total. The fraction of sp³-hybridized carbons (Fsp3) is 0.214. The van der Waals surface area contributed by atoms with Crippen LogP contribution in [0.1, 0.15) is 16.2 Å². The van der Waals surface area contributed by atoms with E-state index in [0.29, 0.717) is 30.9 Å². The lowest BCUT2D eigenvalue weighted by molar-refractivity contribution is 0.111. The van der Waals surface area contributed by atoms with E-state index in [2.05, 4.69) is 9.97 Å². The minimum atomic E-state index is 0.173. The van der Waals surface area contributed by atoms with Crippen molar-refractivity contribution in [3.05, 3.63) is 35.8 Å². The molecule has 19 heavy (non-hydrogen) atoms. The molecule has 96 valence electrons. The zero-order valence-electron chi connectivity index (χ0n) is 10.4. The molecule has 0 saturated carbocycles. The Hall–Kier alpha value is -2.43. The Morgan fingerprint density at radius 1 is 1.21 bits per heavy atom. The van der Waals surface area contributed by atoms with E-state index in [1.807, 2.05) is 19.1 Å². The fourth-order valence-electron chi connectivity index (χ4n) is 2.05. The second-order valence-corrected chi connectivity index (χ2v) is 4.23. The van der Waals surface area contributed by atoms with Gasteiger partial charge in [0.2, 0.25) is 0 Å². The van der Waals surface area contributed by atoms with Gasteiger partial charge in [-0.1, -0.05) is 0 Å². The highest BCUT2D eigenvalue weighted by Crippen LogP contribution is 2.36. The van der Waals surface area contributed by atoms with Gasteiger partial charge in [-0.05, 0) is 30.7 Å². The van der Waals surface area contributed by atoms with E-state index in [1.165, 1.54) is 0 Å². The Morgan fingerprint density at radius 2 is 1.95 bits per heavy atom. The molecular formula is C14H12N2O3. The quantitative estimate of drug-likeness (QED) is 0.769. The average molecular weight is 256 g/mol. The maximum Gasteiger partial charge on any atom is 0.193 e. The van der Waals surface area contributed by atoms with Crippen LogP contribution in [0.15, 0.2) is 24.4 Å². The summed E-state index contributed by atoms with van der Waals surface area (Å²) in [6.07, 6.45) is 2.21. The third kappa shape index (κ3) is 2.14. The Bertz CT molecular complexity index is 641. The molecule has 2 aromatic rings. The molecule has 0 spiro atoms. The number of aldehydes is 1. The topological polar surface area (TPSA) is 61.3 Å². The SMILES string of the molecule is Cc1cc2c(cc1-c1ccnc(C=O)n1)OCCO2. The summed E-state index contributed by atoms with van der Waals surface area (Å²) < 4.78 is 11.1. The zero-order chi connectivity index (χ0) is 13.2. The highest BCUT2D eigenvalue weighted by atomic mass is 16.6. The van der Waals surface area contributed by atoms with Crippen LogP contribution in [0.5, 0.6) is 11.5 Å². The first-order valence-electron chi connectivity index (χ1n) is 5.97. The van der Waals surface area contributed by atoms with Crippen LogP contribution in [0.3, 0.4) is 0 Å². The second-order valence-electron chi connectivity index (χ2n) is 4.23. The van der Waals surface area contributed by atoms with Crippen molar-refractivity contribution in [3.8, 4) is 22.8 Å². The van der Waals surface area contributed by atoms with Crippen molar-refractivity contribution in [1.29, 1.82) is 0 Å². The Morgan fingerprint density at radius 3 is 2.68 bits per heavy atom. The predicted molar refractivity (Wildman–Crippen MR) is 68.6 cm³/mol. The van der Waals surface area contributed by atoms with Crippen molar-refractivity contribution >= 4 is 6.29 Å². The van der Waals surface area contributed by atoms with Crippen LogP contribution >= 0.6 is 0 Å². The van der Waals surface area contributed by atoms with Crippen molar-refractivity contribution in [2.45, 2.75) is 6.92 Å². The lowest BCUT2D eigenvalue weighted by atomic mass is 10.0. The molecule has 2 heterocycles. The number of aromatic nitrogens is 2. The molecule has 0 atom stereocenters. The Kier molecular flexibility index (Phi) is 2.87. The van der Waals surface area contributed by atoms with Crippen molar-refractivity contribution in [2.24, 2.45) is 0 Å². The van der Waals surface area contributed by atoms with Crippen LogP contribution in [-0.2, 0) is 0 Å². The molecule has 1 aliphatic heterocycles. The molecule has 0 amide bonds. The molecule has 3 rings (SSSR count). The molecule has 0 aliphatic carbocycles. The number of benzene rings is 1. The van der Waals surface area contributed by atoms with Crippen molar-refractivity contribution in [2.75, 3.05) is 13.2 Å². The van der Waals surface area contributed by atoms with Gasteiger partial charge in [-0.25, -0.2) is 9.97 Å². The number of ether oxygens (including phenoxy) is 2. The summed E-state index contributed by atoms with van der Waals surface area (Å²) in [6, 6.07) is 5.58. The van der Waals surface area contributed by atoms with E-state index < -0.39 is 0 Å². The number of aryl methyl sites for hydroxylation is 1. The first-order chi connectivity index (χ1) is 9.28.